The summed E-state index contributed by atoms with van der Waals surface area (Å²) in [5.74, 6) is -7.58. The van der Waals surface area contributed by atoms with E-state index >= 15 is 0 Å². The highest BCUT2D eigenvalue weighted by molar-refractivity contribution is 6.02. The number of rotatable bonds is 2. The van der Waals surface area contributed by atoms with Gasteiger partial charge in [0.2, 0.25) is 5.78 Å². The van der Waals surface area contributed by atoms with E-state index < -0.39 is 23.4 Å². The van der Waals surface area contributed by atoms with E-state index in [4.69, 9.17) is 0 Å². The molecule has 0 atom stereocenters. The highest BCUT2D eigenvalue weighted by atomic mass is 19.4. The van der Waals surface area contributed by atoms with Crippen LogP contribution in [-0.4, -0.2) is 17.9 Å². The van der Waals surface area contributed by atoms with Gasteiger partial charge in [0, 0.05) is 5.56 Å². The predicted molar refractivity (Wildman–Crippen MR) is 51.2 cm³/mol. The van der Waals surface area contributed by atoms with Gasteiger partial charge in [0.25, 0.3) is 0 Å². The Balaban J connectivity index is 3.17. The SMILES string of the molecule is Cc1ccc(C(=O)C(F)(F)C(F)(F)F)cc1C. The first-order valence-electron chi connectivity index (χ1n) is 4.64. The molecule has 0 N–H and O–H groups in total. The Labute approximate surface area is 94.2 Å². The average molecular weight is 252 g/mol. The molecule has 0 unspecified atom stereocenters. The van der Waals surface area contributed by atoms with Crippen molar-refractivity contribution in [1.29, 1.82) is 0 Å². The molecule has 0 amide bonds. The number of hydrogen-bond acceptors (Lipinski definition) is 1. The van der Waals surface area contributed by atoms with E-state index in [1.54, 1.807) is 6.92 Å². The highest BCUT2D eigenvalue weighted by Gasteiger charge is 2.63. The van der Waals surface area contributed by atoms with E-state index in [1.165, 1.54) is 13.0 Å². The van der Waals surface area contributed by atoms with Crippen LogP contribution < -0.4 is 0 Å². The van der Waals surface area contributed by atoms with Gasteiger partial charge >= 0.3 is 12.1 Å². The van der Waals surface area contributed by atoms with Crippen LogP contribution in [0.1, 0.15) is 21.5 Å². The molecule has 0 saturated carbocycles. The Bertz CT molecular complexity index is 448. The number of benzene rings is 1. The summed E-state index contributed by atoms with van der Waals surface area (Å²) in [4.78, 5) is 11.1. The molecule has 0 aliphatic heterocycles. The Kier molecular flexibility index (Phi) is 3.27. The lowest BCUT2D eigenvalue weighted by Crippen LogP contribution is -2.44. The van der Waals surface area contributed by atoms with Crippen LogP contribution in [0, 0.1) is 13.8 Å². The zero-order chi connectivity index (χ0) is 13.4. The second-order valence-corrected chi connectivity index (χ2v) is 3.70. The van der Waals surface area contributed by atoms with Crippen LogP contribution in [0.25, 0.3) is 0 Å². The average Bonchev–Trinajstić information content (AvgIpc) is 2.19. The standard InChI is InChI=1S/C11H9F5O/c1-6-3-4-8(5-7(6)2)9(17)10(12,13)11(14,15)16/h3-5H,1-2H3. The summed E-state index contributed by atoms with van der Waals surface area (Å²) >= 11 is 0. The summed E-state index contributed by atoms with van der Waals surface area (Å²) in [6.45, 7) is 3.18. The summed E-state index contributed by atoms with van der Waals surface area (Å²) in [7, 11) is 0. The Morgan fingerprint density at radius 2 is 1.53 bits per heavy atom. The van der Waals surface area contributed by atoms with Gasteiger partial charge in [0.1, 0.15) is 0 Å². The Morgan fingerprint density at radius 1 is 1.00 bits per heavy atom. The topological polar surface area (TPSA) is 17.1 Å². The summed E-state index contributed by atoms with van der Waals surface area (Å²) in [6.07, 6.45) is -5.87. The molecule has 1 aromatic rings. The second-order valence-electron chi connectivity index (χ2n) is 3.70. The molecule has 0 spiro atoms. The van der Waals surface area contributed by atoms with Crippen molar-refractivity contribution >= 4 is 5.78 Å². The van der Waals surface area contributed by atoms with Crippen LogP contribution in [-0.2, 0) is 0 Å². The summed E-state index contributed by atoms with van der Waals surface area (Å²) in [5.41, 5.74) is 0.543. The van der Waals surface area contributed by atoms with Crippen LogP contribution in [0.3, 0.4) is 0 Å². The molecular weight excluding hydrogens is 243 g/mol. The summed E-state index contributed by atoms with van der Waals surface area (Å²) < 4.78 is 61.5. The smallest absolute Gasteiger partial charge is 0.287 e. The molecule has 0 aromatic heterocycles. The maximum atomic E-state index is 12.8. The molecule has 1 rings (SSSR count). The molecule has 0 bridgehead atoms. The van der Waals surface area contributed by atoms with E-state index in [0.717, 1.165) is 12.1 Å². The third-order valence-electron chi connectivity index (χ3n) is 2.41. The minimum atomic E-state index is -5.87. The number of aryl methyl sites for hydroxylation is 2. The maximum Gasteiger partial charge on any atom is 0.461 e. The van der Waals surface area contributed by atoms with E-state index in [-0.39, 0.29) is 0 Å². The van der Waals surface area contributed by atoms with Gasteiger partial charge in [0.15, 0.2) is 0 Å². The van der Waals surface area contributed by atoms with Gasteiger partial charge in [-0.05, 0) is 31.0 Å². The summed E-state index contributed by atoms with van der Waals surface area (Å²) in [6, 6.07) is 3.32. The minimum Gasteiger partial charge on any atom is -0.287 e. The number of hydrogen-bond donors (Lipinski definition) is 0. The lowest BCUT2D eigenvalue weighted by molar-refractivity contribution is -0.255. The monoisotopic (exact) mass is 252 g/mol. The van der Waals surface area contributed by atoms with Crippen molar-refractivity contribution in [2.75, 3.05) is 0 Å². The van der Waals surface area contributed by atoms with Crippen molar-refractivity contribution in [3.05, 3.63) is 34.9 Å². The van der Waals surface area contributed by atoms with Gasteiger partial charge in [-0.3, -0.25) is 4.79 Å². The Morgan fingerprint density at radius 3 is 1.94 bits per heavy atom. The van der Waals surface area contributed by atoms with Gasteiger partial charge in [-0.15, -0.1) is 0 Å². The fourth-order valence-electron chi connectivity index (χ4n) is 1.19. The van der Waals surface area contributed by atoms with Crippen LogP contribution in [0.15, 0.2) is 18.2 Å². The fourth-order valence-corrected chi connectivity index (χ4v) is 1.19. The molecule has 1 nitrogen and oxygen atoms in total. The van der Waals surface area contributed by atoms with Crippen LogP contribution in [0.2, 0.25) is 0 Å². The molecule has 1 aromatic carbocycles. The second kappa shape index (κ2) is 4.09. The summed E-state index contributed by atoms with van der Waals surface area (Å²) in [5, 5.41) is 0. The number of Topliss-reactive ketones (excluding diaryl/α,β-unsaturated/α-hetero) is 1. The normalized spacial score (nSPS) is 12.6. The predicted octanol–water partition coefficient (Wildman–Crippen LogP) is 3.68. The number of halogens is 5. The first-order chi connectivity index (χ1) is 7.57. The lowest BCUT2D eigenvalue weighted by atomic mass is 10.0. The fraction of sp³-hybridized carbons (Fsp3) is 0.364. The van der Waals surface area contributed by atoms with Crippen molar-refractivity contribution in [2.45, 2.75) is 25.9 Å². The zero-order valence-electron chi connectivity index (χ0n) is 9.03. The van der Waals surface area contributed by atoms with Gasteiger partial charge in [-0.2, -0.15) is 22.0 Å². The lowest BCUT2D eigenvalue weighted by Gasteiger charge is -2.18. The van der Waals surface area contributed by atoms with Crippen LogP contribution in [0.4, 0.5) is 22.0 Å². The largest absolute Gasteiger partial charge is 0.461 e. The third-order valence-corrected chi connectivity index (χ3v) is 2.41. The van der Waals surface area contributed by atoms with Crippen molar-refractivity contribution in [3.63, 3.8) is 0 Å². The van der Waals surface area contributed by atoms with E-state index in [0.29, 0.717) is 11.1 Å². The van der Waals surface area contributed by atoms with Gasteiger partial charge in [0.05, 0.1) is 0 Å². The van der Waals surface area contributed by atoms with Crippen molar-refractivity contribution in [2.24, 2.45) is 0 Å². The number of carbonyl (C=O) groups is 1. The van der Waals surface area contributed by atoms with Crippen molar-refractivity contribution in [1.82, 2.24) is 0 Å². The molecule has 0 radical (unpaired) electrons. The molecule has 0 aliphatic rings. The molecule has 94 valence electrons. The molecule has 0 heterocycles. The van der Waals surface area contributed by atoms with Gasteiger partial charge < -0.3 is 0 Å². The maximum absolute atomic E-state index is 12.8. The molecule has 0 saturated heterocycles. The first kappa shape index (κ1) is 13.6. The van der Waals surface area contributed by atoms with Gasteiger partial charge in [-0.1, -0.05) is 12.1 Å². The number of ketones is 1. The Hall–Kier alpha value is -1.46. The van der Waals surface area contributed by atoms with Crippen molar-refractivity contribution in [3.8, 4) is 0 Å². The van der Waals surface area contributed by atoms with E-state index in [1.807, 2.05) is 0 Å². The van der Waals surface area contributed by atoms with E-state index in [9.17, 15) is 26.7 Å². The molecule has 6 heteroatoms. The molecule has 0 fully saturated rings. The third kappa shape index (κ3) is 2.45. The van der Waals surface area contributed by atoms with Gasteiger partial charge in [-0.25, -0.2) is 0 Å². The van der Waals surface area contributed by atoms with Crippen LogP contribution >= 0.6 is 0 Å². The number of carbonyl (C=O) groups excluding carboxylic acids is 1. The molecular formula is C11H9F5O. The van der Waals surface area contributed by atoms with Crippen LogP contribution in [0.5, 0.6) is 0 Å². The molecule has 0 aliphatic carbocycles. The minimum absolute atomic E-state index is 0.480. The van der Waals surface area contributed by atoms with Crippen molar-refractivity contribution < 1.29 is 26.7 Å². The quantitative estimate of drug-likeness (QED) is 0.579. The first-order valence-corrected chi connectivity index (χ1v) is 4.64. The number of alkyl halides is 5. The molecule has 17 heavy (non-hydrogen) atoms. The zero-order valence-corrected chi connectivity index (χ0v) is 9.03. The van der Waals surface area contributed by atoms with E-state index in [2.05, 4.69) is 0 Å². The highest BCUT2D eigenvalue weighted by Crippen LogP contribution is 2.38.